The van der Waals surface area contributed by atoms with E-state index >= 15 is 0 Å². The molecule has 0 spiro atoms. The van der Waals surface area contributed by atoms with Crippen LogP contribution in [0.25, 0.3) is 5.52 Å². The van der Waals surface area contributed by atoms with Gasteiger partial charge in [0.25, 0.3) is 0 Å². The summed E-state index contributed by atoms with van der Waals surface area (Å²) in [5, 5.41) is 9.03. The molecule has 5 nitrogen and oxygen atoms in total. The summed E-state index contributed by atoms with van der Waals surface area (Å²) in [6.45, 7) is 0.524. The first-order chi connectivity index (χ1) is 8.17. The van der Waals surface area contributed by atoms with Gasteiger partial charge in [0.1, 0.15) is 11.9 Å². The van der Waals surface area contributed by atoms with E-state index in [4.69, 9.17) is 11.0 Å². The normalized spacial score (nSPS) is 10.5. The molecule has 0 aliphatic heterocycles. The monoisotopic (exact) mass is 229 g/mol. The summed E-state index contributed by atoms with van der Waals surface area (Å²) in [5.74, 6) is 0.836. The van der Waals surface area contributed by atoms with Crippen molar-refractivity contribution in [2.24, 2.45) is 5.73 Å². The van der Waals surface area contributed by atoms with E-state index < -0.39 is 0 Å². The highest BCUT2D eigenvalue weighted by Crippen LogP contribution is 2.18. The lowest BCUT2D eigenvalue weighted by Gasteiger charge is -2.12. The Bertz CT molecular complexity index is 576. The minimum absolute atomic E-state index is 0.457. The van der Waals surface area contributed by atoms with Crippen molar-refractivity contribution in [1.82, 2.24) is 9.38 Å². The van der Waals surface area contributed by atoms with Crippen molar-refractivity contribution in [2.75, 3.05) is 25.5 Å². The molecule has 0 amide bonds. The maximum Gasteiger partial charge on any atom is 0.166 e. The summed E-state index contributed by atoms with van der Waals surface area (Å²) < 4.78 is 1.95. The number of nitrogens with zero attached hydrogens (tertiary/aromatic N) is 4. The molecule has 0 unspecified atom stereocenters. The molecule has 2 heterocycles. The Morgan fingerprint density at radius 1 is 1.47 bits per heavy atom. The number of anilines is 1. The number of rotatable bonds is 3. The summed E-state index contributed by atoms with van der Waals surface area (Å²) in [4.78, 5) is 6.31. The molecule has 0 radical (unpaired) electrons. The third-order valence-corrected chi connectivity index (χ3v) is 2.68. The van der Waals surface area contributed by atoms with Gasteiger partial charge < -0.3 is 15.0 Å². The SMILES string of the molecule is CN(C)c1ccc2c(C#N)nc(CCN)n2c1. The lowest BCUT2D eigenvalue weighted by atomic mass is 10.3. The van der Waals surface area contributed by atoms with Gasteiger partial charge in [-0.05, 0) is 18.7 Å². The topological polar surface area (TPSA) is 70.3 Å². The number of imidazole rings is 1. The quantitative estimate of drug-likeness (QED) is 0.844. The van der Waals surface area contributed by atoms with E-state index in [2.05, 4.69) is 11.1 Å². The molecule has 2 rings (SSSR count). The zero-order valence-electron chi connectivity index (χ0n) is 10.0. The molecule has 0 atom stereocenters. The number of fused-ring (bicyclic) bond motifs is 1. The second-order valence-electron chi connectivity index (χ2n) is 4.06. The highest BCUT2D eigenvalue weighted by molar-refractivity contribution is 5.62. The number of nitriles is 1. The van der Waals surface area contributed by atoms with Crippen LogP contribution in [0.3, 0.4) is 0 Å². The minimum Gasteiger partial charge on any atom is -0.376 e. The van der Waals surface area contributed by atoms with Gasteiger partial charge in [-0.1, -0.05) is 0 Å². The van der Waals surface area contributed by atoms with Gasteiger partial charge in [0.2, 0.25) is 0 Å². The van der Waals surface area contributed by atoms with Crippen LogP contribution in [0, 0.1) is 11.3 Å². The number of nitrogens with two attached hydrogens (primary N) is 1. The fourth-order valence-electron chi connectivity index (χ4n) is 1.79. The third kappa shape index (κ3) is 1.95. The van der Waals surface area contributed by atoms with Crippen LogP contribution in [-0.2, 0) is 6.42 Å². The second kappa shape index (κ2) is 4.44. The van der Waals surface area contributed by atoms with Gasteiger partial charge >= 0.3 is 0 Å². The van der Waals surface area contributed by atoms with Gasteiger partial charge in [-0.25, -0.2) is 4.98 Å². The molecular formula is C12H15N5. The van der Waals surface area contributed by atoms with Crippen LogP contribution in [-0.4, -0.2) is 30.0 Å². The first-order valence-electron chi connectivity index (χ1n) is 5.46. The molecule has 0 fully saturated rings. The molecule has 88 valence electrons. The molecule has 0 aliphatic carbocycles. The molecule has 2 N–H and O–H groups in total. The van der Waals surface area contributed by atoms with Crippen molar-refractivity contribution in [3.63, 3.8) is 0 Å². The Balaban J connectivity index is 2.65. The Kier molecular flexibility index (Phi) is 2.98. The predicted octanol–water partition coefficient (Wildman–Crippen LogP) is 0.773. The molecule has 17 heavy (non-hydrogen) atoms. The van der Waals surface area contributed by atoms with Gasteiger partial charge in [0.15, 0.2) is 5.69 Å². The molecule has 0 saturated heterocycles. The molecule has 0 aromatic carbocycles. The van der Waals surface area contributed by atoms with Crippen molar-refractivity contribution in [2.45, 2.75) is 6.42 Å². The van der Waals surface area contributed by atoms with Crippen LogP contribution in [0.15, 0.2) is 18.3 Å². The van der Waals surface area contributed by atoms with Crippen LogP contribution in [0.4, 0.5) is 5.69 Å². The largest absolute Gasteiger partial charge is 0.376 e. The van der Waals surface area contributed by atoms with Gasteiger partial charge in [0.05, 0.1) is 11.2 Å². The van der Waals surface area contributed by atoms with E-state index in [0.717, 1.165) is 17.0 Å². The van der Waals surface area contributed by atoms with Gasteiger partial charge in [0, 0.05) is 26.7 Å². The number of aromatic nitrogens is 2. The maximum absolute atomic E-state index is 9.03. The van der Waals surface area contributed by atoms with Crippen molar-refractivity contribution in [1.29, 1.82) is 5.26 Å². The fourth-order valence-corrected chi connectivity index (χ4v) is 1.79. The lowest BCUT2D eigenvalue weighted by molar-refractivity contribution is 0.860. The molecule has 0 bridgehead atoms. The zero-order valence-corrected chi connectivity index (χ0v) is 10.0. The highest BCUT2D eigenvalue weighted by atomic mass is 15.1. The summed E-state index contributed by atoms with van der Waals surface area (Å²) in [6, 6.07) is 6.00. The van der Waals surface area contributed by atoms with E-state index in [1.165, 1.54) is 0 Å². The van der Waals surface area contributed by atoms with Gasteiger partial charge in [-0.2, -0.15) is 5.26 Å². The molecule has 2 aromatic heterocycles. The van der Waals surface area contributed by atoms with Crippen molar-refractivity contribution < 1.29 is 0 Å². The molecule has 0 saturated carbocycles. The Hall–Kier alpha value is -2.06. The summed E-state index contributed by atoms with van der Waals surface area (Å²) in [7, 11) is 3.96. The van der Waals surface area contributed by atoms with Crippen LogP contribution in [0.2, 0.25) is 0 Å². The standard InChI is InChI=1S/C12H15N5/c1-16(2)9-3-4-11-10(7-14)15-12(5-6-13)17(11)8-9/h3-4,8H,5-6,13H2,1-2H3. The van der Waals surface area contributed by atoms with Gasteiger partial charge in [-0.15, -0.1) is 0 Å². The highest BCUT2D eigenvalue weighted by Gasteiger charge is 2.10. The number of hydrogen-bond donors (Lipinski definition) is 1. The third-order valence-electron chi connectivity index (χ3n) is 2.68. The summed E-state index contributed by atoms with van der Waals surface area (Å²) in [6.07, 6.45) is 2.65. The summed E-state index contributed by atoms with van der Waals surface area (Å²) in [5.41, 5.74) is 7.91. The van der Waals surface area contributed by atoms with E-state index in [0.29, 0.717) is 18.7 Å². The zero-order chi connectivity index (χ0) is 12.4. The Morgan fingerprint density at radius 2 is 2.24 bits per heavy atom. The molecular weight excluding hydrogens is 214 g/mol. The van der Waals surface area contributed by atoms with E-state index in [1.807, 2.05) is 41.7 Å². The van der Waals surface area contributed by atoms with Crippen LogP contribution >= 0.6 is 0 Å². The maximum atomic E-state index is 9.03. The van der Waals surface area contributed by atoms with E-state index in [1.54, 1.807) is 0 Å². The van der Waals surface area contributed by atoms with Crippen LogP contribution in [0.5, 0.6) is 0 Å². The molecule has 2 aromatic rings. The Labute approximate surface area is 100 Å². The average molecular weight is 229 g/mol. The smallest absolute Gasteiger partial charge is 0.166 e. The lowest BCUT2D eigenvalue weighted by Crippen LogP contribution is -2.10. The first-order valence-corrected chi connectivity index (χ1v) is 5.46. The summed E-state index contributed by atoms with van der Waals surface area (Å²) >= 11 is 0. The molecule has 0 aliphatic rings. The van der Waals surface area contributed by atoms with Crippen molar-refractivity contribution in [3.8, 4) is 6.07 Å². The van der Waals surface area contributed by atoms with Crippen LogP contribution < -0.4 is 10.6 Å². The number of pyridine rings is 1. The average Bonchev–Trinajstić information content (AvgIpc) is 2.67. The van der Waals surface area contributed by atoms with Gasteiger partial charge in [-0.3, -0.25) is 0 Å². The van der Waals surface area contributed by atoms with E-state index in [-0.39, 0.29) is 0 Å². The fraction of sp³-hybridized carbons (Fsp3) is 0.333. The molecule has 5 heteroatoms. The number of hydrogen-bond acceptors (Lipinski definition) is 4. The van der Waals surface area contributed by atoms with E-state index in [9.17, 15) is 0 Å². The van der Waals surface area contributed by atoms with Crippen molar-refractivity contribution in [3.05, 3.63) is 29.8 Å². The second-order valence-corrected chi connectivity index (χ2v) is 4.06. The van der Waals surface area contributed by atoms with Crippen LogP contribution in [0.1, 0.15) is 11.5 Å². The first kappa shape index (κ1) is 11.4. The predicted molar refractivity (Wildman–Crippen MR) is 67.0 cm³/mol. The minimum atomic E-state index is 0.457. The van der Waals surface area contributed by atoms with Crippen molar-refractivity contribution >= 4 is 11.2 Å². The Morgan fingerprint density at radius 3 is 2.82 bits per heavy atom.